The van der Waals surface area contributed by atoms with Gasteiger partial charge in [0.2, 0.25) is 5.16 Å². The second kappa shape index (κ2) is 7.66. The minimum Gasteiger partial charge on any atom is -0.485 e. The molecule has 0 aliphatic rings. The van der Waals surface area contributed by atoms with Gasteiger partial charge in [0, 0.05) is 5.75 Å². The second-order valence-corrected chi connectivity index (χ2v) is 6.16. The second-order valence-electron chi connectivity index (χ2n) is 5.22. The van der Waals surface area contributed by atoms with Gasteiger partial charge < -0.3 is 4.74 Å². The first kappa shape index (κ1) is 16.1. The number of nitriles is 1. The molecule has 0 atom stereocenters. The molecule has 6 heteroatoms. The number of para-hydroxylation sites is 1. The Labute approximate surface area is 144 Å². The van der Waals surface area contributed by atoms with Crippen LogP contribution in [0.1, 0.15) is 22.5 Å². The van der Waals surface area contributed by atoms with Crippen LogP contribution in [0.4, 0.5) is 0 Å². The summed E-state index contributed by atoms with van der Waals surface area (Å²) in [6.45, 7) is 2.36. The monoisotopic (exact) mass is 336 g/mol. The Morgan fingerprint density at radius 2 is 1.96 bits per heavy atom. The first-order valence-corrected chi connectivity index (χ1v) is 8.45. The number of rotatable bonds is 6. The van der Waals surface area contributed by atoms with E-state index < -0.39 is 0 Å². The average molecular weight is 336 g/mol. The number of aromatic nitrogens is 3. The van der Waals surface area contributed by atoms with Crippen LogP contribution in [0, 0.1) is 18.3 Å². The van der Waals surface area contributed by atoms with Gasteiger partial charge in [0.1, 0.15) is 12.4 Å². The van der Waals surface area contributed by atoms with Gasteiger partial charge in [-0.2, -0.15) is 5.26 Å². The molecule has 3 rings (SSSR count). The predicted octanol–water partition coefficient (Wildman–Crippen LogP) is 3.86. The zero-order valence-corrected chi connectivity index (χ0v) is 14.0. The molecule has 0 aliphatic heterocycles. The maximum Gasteiger partial charge on any atom is 0.208 e. The van der Waals surface area contributed by atoms with Crippen LogP contribution in [0.25, 0.3) is 0 Å². The van der Waals surface area contributed by atoms with Crippen molar-refractivity contribution in [3.8, 4) is 11.8 Å². The van der Waals surface area contributed by atoms with Gasteiger partial charge in [0.15, 0.2) is 5.82 Å². The van der Waals surface area contributed by atoms with E-state index in [9.17, 15) is 0 Å². The molecule has 0 unspecified atom stereocenters. The molecule has 0 bridgehead atoms. The van der Waals surface area contributed by atoms with Crippen LogP contribution in [0.5, 0.6) is 5.75 Å². The SMILES string of the molecule is Cc1ccccc1OCc1nc(SCc2ccc(C#N)cc2)n[nH]1. The van der Waals surface area contributed by atoms with E-state index >= 15 is 0 Å². The van der Waals surface area contributed by atoms with E-state index in [4.69, 9.17) is 10.00 Å². The van der Waals surface area contributed by atoms with E-state index in [0.717, 1.165) is 22.6 Å². The summed E-state index contributed by atoms with van der Waals surface area (Å²) in [6.07, 6.45) is 0. The molecular formula is C18H16N4OS. The molecule has 0 amide bonds. The lowest BCUT2D eigenvalue weighted by Crippen LogP contribution is -1.98. The van der Waals surface area contributed by atoms with Crippen LogP contribution in [-0.2, 0) is 12.4 Å². The molecule has 24 heavy (non-hydrogen) atoms. The highest BCUT2D eigenvalue weighted by atomic mass is 32.2. The van der Waals surface area contributed by atoms with Crippen molar-refractivity contribution in [1.29, 1.82) is 5.26 Å². The number of aromatic amines is 1. The van der Waals surface area contributed by atoms with Crippen molar-refractivity contribution in [2.75, 3.05) is 0 Å². The lowest BCUT2D eigenvalue weighted by molar-refractivity contribution is 0.294. The Hall–Kier alpha value is -2.78. The maximum absolute atomic E-state index is 8.80. The Morgan fingerprint density at radius 1 is 1.17 bits per heavy atom. The number of H-pyrrole nitrogens is 1. The fraction of sp³-hybridized carbons (Fsp3) is 0.167. The van der Waals surface area contributed by atoms with Crippen LogP contribution >= 0.6 is 11.8 Å². The smallest absolute Gasteiger partial charge is 0.208 e. The number of nitrogens with one attached hydrogen (secondary N) is 1. The average Bonchev–Trinajstić information content (AvgIpc) is 3.08. The zero-order valence-electron chi connectivity index (χ0n) is 13.2. The van der Waals surface area contributed by atoms with Crippen LogP contribution in [0.2, 0.25) is 0 Å². The van der Waals surface area contributed by atoms with Crippen molar-refractivity contribution in [2.24, 2.45) is 0 Å². The third-order valence-corrected chi connectivity index (χ3v) is 4.34. The summed E-state index contributed by atoms with van der Waals surface area (Å²) in [6, 6.07) is 17.5. The van der Waals surface area contributed by atoms with Crippen molar-refractivity contribution < 1.29 is 4.74 Å². The summed E-state index contributed by atoms with van der Waals surface area (Å²) in [4.78, 5) is 4.42. The fourth-order valence-corrected chi connectivity index (χ4v) is 2.87. The lowest BCUT2D eigenvalue weighted by Gasteiger charge is -2.06. The number of nitrogens with zero attached hydrogens (tertiary/aromatic N) is 3. The largest absolute Gasteiger partial charge is 0.485 e. The number of thioether (sulfide) groups is 1. The molecule has 1 N–H and O–H groups in total. The maximum atomic E-state index is 8.80. The quantitative estimate of drug-likeness (QED) is 0.692. The third kappa shape index (κ3) is 4.15. The van der Waals surface area contributed by atoms with Crippen molar-refractivity contribution in [1.82, 2.24) is 15.2 Å². The van der Waals surface area contributed by atoms with Gasteiger partial charge in [-0.25, -0.2) is 4.98 Å². The van der Waals surface area contributed by atoms with Crippen molar-refractivity contribution in [3.05, 3.63) is 71.0 Å². The molecule has 2 aromatic carbocycles. The summed E-state index contributed by atoms with van der Waals surface area (Å²) in [5, 5.41) is 16.6. The third-order valence-electron chi connectivity index (χ3n) is 3.42. The highest BCUT2D eigenvalue weighted by Gasteiger charge is 2.06. The van der Waals surface area contributed by atoms with Gasteiger partial charge in [-0.1, -0.05) is 42.1 Å². The minimum absolute atomic E-state index is 0.356. The summed E-state index contributed by atoms with van der Waals surface area (Å²) in [5.41, 5.74) is 2.88. The molecular weight excluding hydrogens is 320 g/mol. The summed E-state index contributed by atoms with van der Waals surface area (Å²) >= 11 is 1.54. The van der Waals surface area contributed by atoms with E-state index in [1.807, 2.05) is 55.5 Å². The number of ether oxygens (including phenoxy) is 1. The first-order chi connectivity index (χ1) is 11.7. The predicted molar refractivity (Wildman–Crippen MR) is 92.6 cm³/mol. The van der Waals surface area contributed by atoms with E-state index in [0.29, 0.717) is 23.2 Å². The number of benzene rings is 2. The zero-order chi connectivity index (χ0) is 16.8. The highest BCUT2D eigenvalue weighted by Crippen LogP contribution is 2.20. The van der Waals surface area contributed by atoms with Crippen LogP contribution in [0.15, 0.2) is 53.7 Å². The standard InChI is InChI=1S/C18H16N4OS/c1-13-4-2-3-5-16(13)23-11-17-20-18(22-21-17)24-12-15-8-6-14(10-19)7-9-15/h2-9H,11-12H2,1H3,(H,20,21,22). The summed E-state index contributed by atoms with van der Waals surface area (Å²) < 4.78 is 5.75. The molecule has 120 valence electrons. The van der Waals surface area contributed by atoms with Crippen molar-refractivity contribution >= 4 is 11.8 Å². The van der Waals surface area contributed by atoms with Crippen molar-refractivity contribution in [2.45, 2.75) is 24.4 Å². The molecule has 0 fully saturated rings. The van der Waals surface area contributed by atoms with E-state index in [1.165, 1.54) is 0 Å². The minimum atomic E-state index is 0.356. The number of aryl methyl sites for hydroxylation is 1. The molecule has 0 spiro atoms. The Kier molecular flexibility index (Phi) is 5.14. The molecule has 0 aliphatic carbocycles. The Morgan fingerprint density at radius 3 is 2.71 bits per heavy atom. The number of hydrogen-bond donors (Lipinski definition) is 1. The molecule has 5 nitrogen and oxygen atoms in total. The topological polar surface area (TPSA) is 74.6 Å². The Balaban J connectivity index is 1.53. The molecule has 3 aromatic rings. The fourth-order valence-electron chi connectivity index (χ4n) is 2.09. The molecule has 0 radical (unpaired) electrons. The van der Waals surface area contributed by atoms with Gasteiger partial charge in [-0.15, -0.1) is 5.10 Å². The van der Waals surface area contributed by atoms with Crippen molar-refractivity contribution in [3.63, 3.8) is 0 Å². The van der Waals surface area contributed by atoms with Crippen LogP contribution in [0.3, 0.4) is 0 Å². The normalized spacial score (nSPS) is 10.3. The first-order valence-electron chi connectivity index (χ1n) is 7.46. The molecule has 1 aromatic heterocycles. The van der Waals surface area contributed by atoms with Gasteiger partial charge >= 0.3 is 0 Å². The van der Waals surface area contributed by atoms with Crippen LogP contribution < -0.4 is 4.74 Å². The summed E-state index contributed by atoms with van der Waals surface area (Å²) in [5.74, 6) is 2.29. The van der Waals surface area contributed by atoms with Gasteiger partial charge in [0.05, 0.1) is 11.6 Å². The summed E-state index contributed by atoms with van der Waals surface area (Å²) in [7, 11) is 0. The highest BCUT2D eigenvalue weighted by molar-refractivity contribution is 7.98. The van der Waals surface area contributed by atoms with E-state index in [-0.39, 0.29) is 0 Å². The van der Waals surface area contributed by atoms with Gasteiger partial charge in [-0.05, 0) is 36.2 Å². The van der Waals surface area contributed by atoms with Gasteiger partial charge in [0.25, 0.3) is 0 Å². The van der Waals surface area contributed by atoms with E-state index in [1.54, 1.807) is 11.8 Å². The Bertz CT molecular complexity index is 852. The molecule has 1 heterocycles. The molecule has 0 saturated heterocycles. The van der Waals surface area contributed by atoms with Crippen LogP contribution in [-0.4, -0.2) is 15.2 Å². The van der Waals surface area contributed by atoms with Gasteiger partial charge in [-0.3, -0.25) is 5.10 Å². The molecule has 0 saturated carbocycles. The lowest BCUT2D eigenvalue weighted by atomic mass is 10.2. The number of hydrogen-bond acceptors (Lipinski definition) is 5. The van der Waals surface area contributed by atoms with E-state index in [2.05, 4.69) is 21.3 Å².